The van der Waals surface area contributed by atoms with Gasteiger partial charge in [0.2, 0.25) is 5.95 Å². The van der Waals surface area contributed by atoms with Crippen LogP contribution in [0, 0.1) is 0 Å². The van der Waals surface area contributed by atoms with E-state index in [1.54, 1.807) is 29.4 Å². The number of ether oxygens (including phenoxy) is 1. The van der Waals surface area contributed by atoms with Crippen molar-refractivity contribution in [3.8, 4) is 11.3 Å². The van der Waals surface area contributed by atoms with Crippen molar-refractivity contribution in [2.45, 2.75) is 25.7 Å². The van der Waals surface area contributed by atoms with Gasteiger partial charge in [-0.3, -0.25) is 0 Å². The number of nitrogen functional groups attached to an aromatic ring is 1. The summed E-state index contributed by atoms with van der Waals surface area (Å²) in [6.07, 6.45) is 11.4. The molecule has 0 radical (unpaired) electrons. The van der Waals surface area contributed by atoms with Crippen LogP contribution in [-0.4, -0.2) is 61.7 Å². The minimum Gasteiger partial charge on any atom is -0.394 e. The summed E-state index contributed by atoms with van der Waals surface area (Å²) in [5, 5.41) is 19.7. The molecule has 0 atom stereocenters. The van der Waals surface area contributed by atoms with Gasteiger partial charge in [0.15, 0.2) is 11.5 Å². The van der Waals surface area contributed by atoms with Crippen LogP contribution in [-0.2, 0) is 4.74 Å². The SMILES string of the molecule is C1CCC1.CNc1nc(N)nn2ccc(-c3ccc4nccn4n3)c12.COCCO. The maximum atomic E-state index is 7.94. The Balaban J connectivity index is 0.000000238. The van der Waals surface area contributed by atoms with E-state index < -0.39 is 0 Å². The molecule has 0 spiro atoms. The van der Waals surface area contributed by atoms with E-state index in [2.05, 4.69) is 30.2 Å². The van der Waals surface area contributed by atoms with Crippen LogP contribution in [0.4, 0.5) is 11.8 Å². The second-order valence-electron chi connectivity index (χ2n) is 6.67. The van der Waals surface area contributed by atoms with Crippen molar-refractivity contribution in [1.29, 1.82) is 0 Å². The van der Waals surface area contributed by atoms with Gasteiger partial charge in [0.25, 0.3) is 0 Å². The van der Waals surface area contributed by atoms with Gasteiger partial charge in [-0.1, -0.05) is 25.7 Å². The highest BCUT2D eigenvalue weighted by atomic mass is 16.5. The van der Waals surface area contributed by atoms with Gasteiger partial charge in [-0.2, -0.15) is 10.1 Å². The molecule has 5 rings (SSSR count). The number of imidazole rings is 1. The van der Waals surface area contributed by atoms with Gasteiger partial charge in [-0.15, -0.1) is 5.10 Å². The molecule has 4 N–H and O–H groups in total. The number of nitrogens with one attached hydrogen (secondary N) is 1. The number of anilines is 2. The first-order valence-corrected chi connectivity index (χ1v) is 9.91. The standard InChI is InChI=1S/C13H12N8.C4H8.C3H8O2/c1-15-12-11-8(4-6-21(11)19-13(14)17-12)9-2-3-10-16-5-7-20(10)18-9;1-2-4-3-1;1-5-3-2-4/h2-7H,1H3,(H3,14,15,17,19);1-4H2;4H,2-3H2,1H3. The van der Waals surface area contributed by atoms with Crippen LogP contribution in [0.3, 0.4) is 0 Å². The largest absolute Gasteiger partial charge is 0.394 e. The third kappa shape index (κ3) is 5.02. The number of rotatable bonds is 4. The van der Waals surface area contributed by atoms with E-state index in [-0.39, 0.29) is 12.6 Å². The topological polar surface area (TPSA) is 128 Å². The van der Waals surface area contributed by atoms with Gasteiger partial charge in [0, 0.05) is 38.3 Å². The molecular formula is C20H28N8O2. The van der Waals surface area contributed by atoms with E-state index in [0.29, 0.717) is 12.4 Å². The van der Waals surface area contributed by atoms with Crippen LogP contribution in [0.2, 0.25) is 0 Å². The number of hydrogen-bond acceptors (Lipinski definition) is 8. The number of aliphatic hydroxyl groups excluding tert-OH is 1. The van der Waals surface area contributed by atoms with Crippen LogP contribution in [0.1, 0.15) is 25.7 Å². The lowest BCUT2D eigenvalue weighted by Crippen LogP contribution is -2.05. The second kappa shape index (κ2) is 10.5. The molecule has 4 heterocycles. The number of aliphatic hydroxyl groups is 1. The predicted octanol–water partition coefficient (Wildman–Crippen LogP) is 2.25. The zero-order valence-corrected chi connectivity index (χ0v) is 17.3. The third-order valence-electron chi connectivity index (χ3n) is 4.59. The number of fused-ring (bicyclic) bond motifs is 2. The molecule has 1 aliphatic rings. The Morgan fingerprint density at radius 2 is 1.87 bits per heavy atom. The predicted molar refractivity (Wildman–Crippen MR) is 116 cm³/mol. The summed E-state index contributed by atoms with van der Waals surface area (Å²) < 4.78 is 7.87. The number of hydrogen-bond donors (Lipinski definition) is 3. The summed E-state index contributed by atoms with van der Waals surface area (Å²) in [4.78, 5) is 8.41. The van der Waals surface area contributed by atoms with Crippen LogP contribution >= 0.6 is 0 Å². The van der Waals surface area contributed by atoms with Crippen molar-refractivity contribution in [3.05, 3.63) is 36.8 Å². The summed E-state index contributed by atoms with van der Waals surface area (Å²) in [6, 6.07) is 5.78. The summed E-state index contributed by atoms with van der Waals surface area (Å²) in [6.45, 7) is 0.566. The van der Waals surface area contributed by atoms with Crippen molar-refractivity contribution in [1.82, 2.24) is 29.2 Å². The fourth-order valence-electron chi connectivity index (χ4n) is 2.72. The Kier molecular flexibility index (Phi) is 7.52. The molecular weight excluding hydrogens is 384 g/mol. The van der Waals surface area contributed by atoms with E-state index in [9.17, 15) is 0 Å². The average molecular weight is 412 g/mol. The molecule has 0 unspecified atom stereocenters. The van der Waals surface area contributed by atoms with Crippen molar-refractivity contribution in [2.24, 2.45) is 0 Å². The molecule has 10 nitrogen and oxygen atoms in total. The van der Waals surface area contributed by atoms with Crippen molar-refractivity contribution >= 4 is 22.9 Å². The number of methoxy groups -OCH3 is 1. The van der Waals surface area contributed by atoms with Gasteiger partial charge >= 0.3 is 0 Å². The smallest absolute Gasteiger partial charge is 0.240 e. The highest BCUT2D eigenvalue weighted by molar-refractivity contribution is 5.87. The molecule has 30 heavy (non-hydrogen) atoms. The van der Waals surface area contributed by atoms with E-state index in [4.69, 9.17) is 10.8 Å². The van der Waals surface area contributed by atoms with Gasteiger partial charge < -0.3 is 20.9 Å². The molecule has 1 saturated carbocycles. The first-order chi connectivity index (χ1) is 14.7. The lowest BCUT2D eigenvalue weighted by atomic mass is 10.0. The Labute approximate surface area is 174 Å². The second-order valence-corrected chi connectivity index (χ2v) is 6.67. The molecule has 0 amide bonds. The van der Waals surface area contributed by atoms with E-state index >= 15 is 0 Å². The number of aromatic nitrogens is 6. The summed E-state index contributed by atoms with van der Waals surface area (Å²) in [5.41, 5.74) is 9.07. The molecule has 4 aromatic rings. The van der Waals surface area contributed by atoms with Crippen molar-refractivity contribution < 1.29 is 9.84 Å². The Morgan fingerprint density at radius 3 is 2.47 bits per heavy atom. The van der Waals surface area contributed by atoms with Gasteiger partial charge in [-0.25, -0.2) is 14.0 Å². The van der Waals surface area contributed by atoms with Gasteiger partial charge in [0.1, 0.15) is 5.52 Å². The minimum absolute atomic E-state index is 0.122. The molecule has 0 aromatic carbocycles. The molecule has 0 bridgehead atoms. The number of nitrogens with two attached hydrogens (primary N) is 1. The zero-order chi connectivity index (χ0) is 21.3. The van der Waals surface area contributed by atoms with Gasteiger partial charge in [-0.05, 0) is 18.2 Å². The van der Waals surface area contributed by atoms with Gasteiger partial charge in [0.05, 0.1) is 18.9 Å². The van der Waals surface area contributed by atoms with E-state index in [1.165, 1.54) is 25.7 Å². The fourth-order valence-corrected chi connectivity index (χ4v) is 2.72. The van der Waals surface area contributed by atoms with Crippen molar-refractivity contribution in [2.75, 3.05) is 38.4 Å². The van der Waals surface area contributed by atoms with Crippen LogP contribution in [0.5, 0.6) is 0 Å². The quantitative estimate of drug-likeness (QED) is 0.466. The van der Waals surface area contributed by atoms with Crippen molar-refractivity contribution in [3.63, 3.8) is 0 Å². The highest BCUT2D eigenvalue weighted by Crippen LogP contribution is 2.28. The maximum Gasteiger partial charge on any atom is 0.240 e. The fraction of sp³-hybridized carbons (Fsp3) is 0.400. The van der Waals surface area contributed by atoms with Crippen LogP contribution in [0.25, 0.3) is 22.4 Å². The molecule has 0 saturated heterocycles. The third-order valence-corrected chi connectivity index (χ3v) is 4.59. The average Bonchev–Trinajstić information content (AvgIpc) is 3.33. The highest BCUT2D eigenvalue weighted by Gasteiger charge is 2.14. The zero-order valence-electron chi connectivity index (χ0n) is 17.3. The van der Waals surface area contributed by atoms with Crippen LogP contribution < -0.4 is 11.1 Å². The lowest BCUT2D eigenvalue weighted by molar-refractivity contribution is 0.135. The molecule has 1 aliphatic carbocycles. The molecule has 1 fully saturated rings. The molecule has 10 heteroatoms. The molecule has 4 aromatic heterocycles. The first kappa shape index (κ1) is 21.5. The maximum absolute atomic E-state index is 7.94. The Bertz CT molecular complexity index is 1070. The number of nitrogens with zero attached hydrogens (tertiary/aromatic N) is 6. The summed E-state index contributed by atoms with van der Waals surface area (Å²) in [7, 11) is 3.35. The lowest BCUT2D eigenvalue weighted by Gasteiger charge is -2.06. The summed E-state index contributed by atoms with van der Waals surface area (Å²) in [5.74, 6) is 0.877. The molecule has 160 valence electrons. The Morgan fingerprint density at radius 1 is 1.10 bits per heavy atom. The molecule has 0 aliphatic heterocycles. The summed E-state index contributed by atoms with van der Waals surface area (Å²) >= 11 is 0. The van der Waals surface area contributed by atoms with E-state index in [1.807, 2.05) is 30.6 Å². The normalized spacial score (nSPS) is 12.5. The first-order valence-electron chi connectivity index (χ1n) is 9.91. The Hall–Kier alpha value is -3.24. The monoisotopic (exact) mass is 412 g/mol. The van der Waals surface area contributed by atoms with E-state index in [0.717, 1.165) is 22.4 Å². The van der Waals surface area contributed by atoms with Crippen LogP contribution in [0.15, 0.2) is 36.8 Å². The minimum atomic E-state index is 0.122.